The maximum atomic E-state index is 14.6. The van der Waals surface area contributed by atoms with Crippen LogP contribution in [0.15, 0.2) is 35.4 Å². The summed E-state index contributed by atoms with van der Waals surface area (Å²) in [6.07, 6.45) is -6.91. The summed E-state index contributed by atoms with van der Waals surface area (Å²) in [5.74, 6) is -0.328. The summed E-state index contributed by atoms with van der Waals surface area (Å²) in [5, 5.41) is 4.56. The number of hydrogen-bond acceptors (Lipinski definition) is 2. The van der Waals surface area contributed by atoms with Crippen molar-refractivity contribution in [1.82, 2.24) is 0 Å². The monoisotopic (exact) mass is 533 g/mol. The van der Waals surface area contributed by atoms with Gasteiger partial charge in [0.05, 0.1) is 11.2 Å². The first kappa shape index (κ1) is 26.3. The minimum Gasteiger partial charge on any atom is -0.294 e. The number of alkyl halides is 7. The zero-order valence-electron chi connectivity index (χ0n) is 19.1. The molecule has 0 spiro atoms. The maximum Gasteiger partial charge on any atom is 0.435 e. The normalized spacial score (nSPS) is 18.5. The van der Waals surface area contributed by atoms with Gasteiger partial charge in [0.15, 0.2) is 12.0 Å². The molecule has 1 unspecified atom stereocenters. The van der Waals surface area contributed by atoms with Gasteiger partial charge in [-0.25, -0.2) is 4.39 Å². The van der Waals surface area contributed by atoms with Gasteiger partial charge in [0.1, 0.15) is 5.92 Å². The second-order valence-corrected chi connectivity index (χ2v) is 9.60. The van der Waals surface area contributed by atoms with Gasteiger partial charge >= 0.3 is 18.0 Å². The van der Waals surface area contributed by atoms with Gasteiger partial charge in [-0.3, -0.25) is 4.79 Å². The number of nitrogens with zero attached hydrogens (tertiary/aromatic N) is 2. The van der Waals surface area contributed by atoms with Gasteiger partial charge < -0.3 is 0 Å². The fraction of sp³-hybridized carbons (Fsp3) is 0.400. The second-order valence-electron chi connectivity index (χ2n) is 9.20. The SMILES string of the molecule is Cc1cc(C(F)(C(F)(F)F)C(F)(F)F)cc(C)c1C1C=N[N+](c2ccc(Cl)c(C(=O)CC3CC3)c2)=C1. The number of carbonyl (C=O) groups excluding carboxylic acids is 1. The Labute approximate surface area is 207 Å². The molecule has 1 fully saturated rings. The topological polar surface area (TPSA) is 32.4 Å². The molecular formula is C25H21ClF7N2O+. The van der Waals surface area contributed by atoms with E-state index in [4.69, 9.17) is 11.6 Å². The third kappa shape index (κ3) is 4.67. The van der Waals surface area contributed by atoms with E-state index in [1.54, 1.807) is 24.4 Å². The summed E-state index contributed by atoms with van der Waals surface area (Å²) >= 11 is 6.20. The summed E-state index contributed by atoms with van der Waals surface area (Å²) in [5.41, 5.74) is -5.66. The Balaban J connectivity index is 1.67. The van der Waals surface area contributed by atoms with Crippen molar-refractivity contribution in [1.29, 1.82) is 0 Å². The number of Topliss-reactive ketones (excluding diaryl/α,β-unsaturated/α-hetero) is 1. The molecule has 192 valence electrons. The quantitative estimate of drug-likeness (QED) is 0.212. The molecule has 2 aliphatic rings. The lowest BCUT2D eigenvalue weighted by atomic mass is 9.85. The van der Waals surface area contributed by atoms with Gasteiger partial charge in [0.2, 0.25) is 5.69 Å². The Bertz CT molecular complexity index is 1240. The number of benzene rings is 2. The number of rotatable bonds is 6. The van der Waals surface area contributed by atoms with Crippen molar-refractivity contribution in [3.63, 3.8) is 0 Å². The Morgan fingerprint density at radius 1 is 1.00 bits per heavy atom. The second kappa shape index (κ2) is 8.97. The third-order valence-electron chi connectivity index (χ3n) is 6.45. The van der Waals surface area contributed by atoms with E-state index in [1.807, 2.05) is 0 Å². The summed E-state index contributed by atoms with van der Waals surface area (Å²) < 4.78 is 95.3. The van der Waals surface area contributed by atoms with Crippen LogP contribution in [0.1, 0.15) is 57.8 Å². The van der Waals surface area contributed by atoms with Crippen LogP contribution in [0.4, 0.5) is 36.4 Å². The van der Waals surface area contributed by atoms with Crippen LogP contribution in [-0.4, -0.2) is 35.2 Å². The summed E-state index contributed by atoms with van der Waals surface area (Å²) in [6.45, 7) is 2.64. The molecule has 0 N–H and O–H groups in total. The van der Waals surface area contributed by atoms with Gasteiger partial charge in [0, 0.05) is 29.7 Å². The van der Waals surface area contributed by atoms with Crippen molar-refractivity contribution in [3.05, 3.63) is 63.2 Å². The molecular weight excluding hydrogens is 513 g/mol. The van der Waals surface area contributed by atoms with E-state index < -0.39 is 29.5 Å². The number of halogens is 8. The van der Waals surface area contributed by atoms with Gasteiger partial charge in [-0.2, -0.15) is 26.3 Å². The molecule has 36 heavy (non-hydrogen) atoms. The predicted octanol–water partition coefficient (Wildman–Crippen LogP) is 7.73. The van der Waals surface area contributed by atoms with Gasteiger partial charge in [-0.15, -0.1) is 0 Å². The lowest BCUT2D eigenvalue weighted by Gasteiger charge is -2.31. The Morgan fingerprint density at radius 2 is 1.58 bits per heavy atom. The van der Waals surface area contributed by atoms with Crippen LogP contribution in [0.2, 0.25) is 5.02 Å². The lowest BCUT2D eigenvalue weighted by Crippen LogP contribution is -2.50. The van der Waals surface area contributed by atoms with E-state index in [0.717, 1.165) is 12.8 Å². The summed E-state index contributed by atoms with van der Waals surface area (Å²) in [6, 6.07) is 5.94. The molecule has 1 saturated carbocycles. The van der Waals surface area contributed by atoms with Crippen LogP contribution in [0.5, 0.6) is 0 Å². The molecule has 0 aromatic heterocycles. The van der Waals surface area contributed by atoms with Crippen LogP contribution < -0.4 is 0 Å². The third-order valence-corrected chi connectivity index (χ3v) is 6.77. The van der Waals surface area contributed by atoms with Crippen molar-refractivity contribution < 1.29 is 40.2 Å². The summed E-state index contributed by atoms with van der Waals surface area (Å²) in [4.78, 5) is 12.6. The number of carbonyl (C=O) groups is 1. The van der Waals surface area contributed by atoms with E-state index in [0.29, 0.717) is 46.3 Å². The van der Waals surface area contributed by atoms with Crippen LogP contribution in [0.3, 0.4) is 0 Å². The average Bonchev–Trinajstić information content (AvgIpc) is 3.44. The molecule has 0 amide bonds. The molecule has 4 rings (SSSR count). The molecule has 3 nitrogen and oxygen atoms in total. The number of hydrogen-bond donors (Lipinski definition) is 0. The Kier molecular flexibility index (Phi) is 6.56. The zero-order valence-corrected chi connectivity index (χ0v) is 19.9. The first-order valence-electron chi connectivity index (χ1n) is 11.1. The van der Waals surface area contributed by atoms with Crippen molar-refractivity contribution >= 4 is 35.5 Å². The fourth-order valence-electron chi connectivity index (χ4n) is 4.43. The molecule has 1 heterocycles. The zero-order chi connectivity index (χ0) is 26.6. The van der Waals surface area contributed by atoms with Gasteiger partial charge in [0.25, 0.3) is 0 Å². The standard InChI is InChI=1S/C25H21ClF7N2O/c1-13-7-17(23(27,24(28,29)30)25(31,32)33)8-14(2)22(13)16-11-34-35(12-16)18-5-6-20(26)19(10-18)21(36)9-15-3-4-15/h5-8,10-12,15-16H,3-4,9H2,1-2H3/q+1. The maximum absolute atomic E-state index is 14.6. The molecule has 0 bridgehead atoms. The molecule has 2 aromatic carbocycles. The molecule has 1 aliphatic carbocycles. The van der Waals surface area contributed by atoms with E-state index >= 15 is 0 Å². The highest BCUT2D eigenvalue weighted by molar-refractivity contribution is 6.34. The van der Waals surface area contributed by atoms with E-state index in [1.165, 1.54) is 24.7 Å². The van der Waals surface area contributed by atoms with Crippen molar-refractivity contribution in [2.24, 2.45) is 11.0 Å². The smallest absolute Gasteiger partial charge is 0.294 e. The van der Waals surface area contributed by atoms with Crippen LogP contribution in [0, 0.1) is 19.8 Å². The van der Waals surface area contributed by atoms with Crippen molar-refractivity contribution in [2.75, 3.05) is 0 Å². The van der Waals surface area contributed by atoms with Crippen molar-refractivity contribution in [3.8, 4) is 0 Å². The molecule has 0 radical (unpaired) electrons. The highest BCUT2D eigenvalue weighted by Gasteiger charge is 2.73. The van der Waals surface area contributed by atoms with Gasteiger partial charge in [-0.05, 0) is 60.5 Å². The minimum atomic E-state index is -6.19. The first-order chi connectivity index (χ1) is 16.6. The predicted molar refractivity (Wildman–Crippen MR) is 121 cm³/mol. The van der Waals surface area contributed by atoms with Crippen molar-refractivity contribution in [2.45, 2.75) is 57.0 Å². The number of ketones is 1. The average molecular weight is 534 g/mol. The molecule has 2 aromatic rings. The molecule has 11 heteroatoms. The molecule has 1 atom stereocenters. The van der Waals surface area contributed by atoms with Crippen LogP contribution in [-0.2, 0) is 5.67 Å². The lowest BCUT2D eigenvalue weighted by molar-refractivity contribution is -0.437. The highest BCUT2D eigenvalue weighted by Crippen LogP contribution is 2.53. The Morgan fingerprint density at radius 3 is 2.11 bits per heavy atom. The Hall–Kier alpha value is -2.75. The number of hydrazone groups is 1. The fourth-order valence-corrected chi connectivity index (χ4v) is 4.65. The molecule has 1 aliphatic heterocycles. The van der Waals surface area contributed by atoms with Gasteiger partial charge in [-0.1, -0.05) is 28.4 Å². The van der Waals surface area contributed by atoms with E-state index in [9.17, 15) is 35.5 Å². The van der Waals surface area contributed by atoms with Crippen LogP contribution in [0.25, 0.3) is 0 Å². The summed E-state index contributed by atoms with van der Waals surface area (Å²) in [7, 11) is 0. The molecule has 0 saturated heterocycles. The highest BCUT2D eigenvalue weighted by atomic mass is 35.5. The largest absolute Gasteiger partial charge is 0.435 e. The number of aryl methyl sites for hydroxylation is 2. The van der Waals surface area contributed by atoms with Crippen LogP contribution >= 0.6 is 11.6 Å². The van der Waals surface area contributed by atoms with E-state index in [2.05, 4.69) is 5.10 Å². The first-order valence-corrected chi connectivity index (χ1v) is 11.5. The minimum absolute atomic E-state index is 0.0477. The van der Waals surface area contributed by atoms with E-state index in [-0.39, 0.29) is 16.9 Å².